The Bertz CT molecular complexity index is 1280. The molecule has 1 aliphatic heterocycles. The number of fused-ring (bicyclic) bond motifs is 1. The third-order valence-corrected chi connectivity index (χ3v) is 6.79. The minimum absolute atomic E-state index is 0.0608. The number of Topliss-reactive ketones (excluding diaryl/α,β-unsaturated/α-hetero) is 1. The van der Waals surface area contributed by atoms with Crippen molar-refractivity contribution in [2.24, 2.45) is 0 Å². The number of allylic oxidation sites excluding steroid dienone is 2. The van der Waals surface area contributed by atoms with E-state index in [9.17, 15) is 14.9 Å². The van der Waals surface area contributed by atoms with Crippen molar-refractivity contribution in [3.05, 3.63) is 81.0 Å². The van der Waals surface area contributed by atoms with E-state index in [1.165, 1.54) is 23.9 Å². The predicted molar refractivity (Wildman–Crippen MR) is 128 cm³/mol. The molecule has 2 heterocycles. The van der Waals surface area contributed by atoms with Gasteiger partial charge in [0.25, 0.3) is 5.69 Å². The zero-order valence-electron chi connectivity index (χ0n) is 18.6. The molecule has 0 radical (unpaired) electrons. The maximum Gasteiger partial charge on any atom is 0.269 e. The fourth-order valence-electron chi connectivity index (χ4n) is 4.34. The molecule has 5 rings (SSSR count). The van der Waals surface area contributed by atoms with Gasteiger partial charge in [-0.3, -0.25) is 14.9 Å². The summed E-state index contributed by atoms with van der Waals surface area (Å²) in [4.78, 5) is 28.2. The molecule has 0 bridgehead atoms. The Morgan fingerprint density at radius 1 is 1.21 bits per heavy atom. The normalized spacial score (nSPS) is 17.1. The van der Waals surface area contributed by atoms with Crippen LogP contribution in [-0.2, 0) is 10.5 Å². The van der Waals surface area contributed by atoms with Crippen molar-refractivity contribution in [2.45, 2.75) is 43.1 Å². The number of nitrogens with one attached hydrogen (secondary N) is 1. The number of rotatable bonds is 7. The second-order valence-electron chi connectivity index (χ2n) is 8.04. The Hall–Kier alpha value is -3.66. The maximum atomic E-state index is 13.0. The molecule has 10 heteroatoms. The van der Waals surface area contributed by atoms with Crippen molar-refractivity contribution in [1.29, 1.82) is 0 Å². The number of ether oxygens (including phenoxy) is 1. The first-order valence-electron chi connectivity index (χ1n) is 11.1. The third kappa shape index (κ3) is 4.16. The van der Waals surface area contributed by atoms with Gasteiger partial charge in [0.15, 0.2) is 5.78 Å². The van der Waals surface area contributed by atoms with Gasteiger partial charge in [-0.2, -0.15) is 4.98 Å². The Kier molecular flexibility index (Phi) is 6.06. The molecule has 0 saturated carbocycles. The number of nitrogens with zero attached hydrogens (tertiary/aromatic N) is 4. The molecule has 1 aliphatic carbocycles. The van der Waals surface area contributed by atoms with E-state index in [2.05, 4.69) is 10.3 Å². The van der Waals surface area contributed by atoms with Crippen molar-refractivity contribution in [3.63, 3.8) is 0 Å². The van der Waals surface area contributed by atoms with Crippen LogP contribution in [0.4, 0.5) is 11.6 Å². The Labute approximate surface area is 200 Å². The smallest absolute Gasteiger partial charge is 0.269 e. The summed E-state index contributed by atoms with van der Waals surface area (Å²) in [5.41, 5.74) is 3.50. The average Bonchev–Trinajstić information content (AvgIpc) is 3.25. The number of thioether (sulfide) groups is 1. The predicted octanol–water partition coefficient (Wildman–Crippen LogP) is 4.90. The maximum absolute atomic E-state index is 13.0. The third-order valence-electron chi connectivity index (χ3n) is 5.88. The summed E-state index contributed by atoms with van der Waals surface area (Å²) in [5.74, 6) is 2.00. The summed E-state index contributed by atoms with van der Waals surface area (Å²) in [6.07, 6.45) is 2.10. The Morgan fingerprint density at radius 2 is 2.00 bits per heavy atom. The molecular formula is C24H23N5O4S. The zero-order chi connectivity index (χ0) is 23.7. The molecule has 0 spiro atoms. The van der Waals surface area contributed by atoms with Gasteiger partial charge < -0.3 is 10.1 Å². The average molecular weight is 478 g/mol. The number of nitro groups is 1. The van der Waals surface area contributed by atoms with Gasteiger partial charge in [0.1, 0.15) is 11.8 Å². The molecular weight excluding hydrogens is 454 g/mol. The first-order chi connectivity index (χ1) is 16.5. The molecule has 0 saturated heterocycles. The molecule has 1 aromatic heterocycles. The number of ketones is 1. The SMILES string of the molecule is CCOc1ccccc1[C@H]1C2=C(CCCC2=O)Nc2nc(SCc3ccc([N+](=O)[O-])cc3)nn21. The minimum Gasteiger partial charge on any atom is -0.494 e. The Balaban J connectivity index is 1.48. The van der Waals surface area contributed by atoms with E-state index in [1.54, 1.807) is 16.8 Å². The van der Waals surface area contributed by atoms with Crippen LogP contribution < -0.4 is 10.1 Å². The lowest BCUT2D eigenvalue weighted by Gasteiger charge is -2.32. The van der Waals surface area contributed by atoms with Gasteiger partial charge in [-0.05, 0) is 31.4 Å². The van der Waals surface area contributed by atoms with Crippen LogP contribution >= 0.6 is 11.8 Å². The van der Waals surface area contributed by atoms with Crippen LogP contribution in [0.1, 0.15) is 43.4 Å². The molecule has 9 nitrogen and oxygen atoms in total. The topological polar surface area (TPSA) is 112 Å². The number of hydrogen-bond donors (Lipinski definition) is 1. The van der Waals surface area contributed by atoms with Crippen LogP contribution in [-0.4, -0.2) is 32.1 Å². The molecule has 2 aliphatic rings. The van der Waals surface area contributed by atoms with E-state index in [0.717, 1.165) is 41.0 Å². The van der Waals surface area contributed by atoms with Crippen LogP contribution in [0.5, 0.6) is 5.75 Å². The van der Waals surface area contributed by atoms with Crippen molar-refractivity contribution in [1.82, 2.24) is 14.8 Å². The second kappa shape index (κ2) is 9.30. The molecule has 1 atom stereocenters. The van der Waals surface area contributed by atoms with E-state index in [1.807, 2.05) is 31.2 Å². The number of aromatic nitrogens is 3. The van der Waals surface area contributed by atoms with Crippen molar-refractivity contribution < 1.29 is 14.5 Å². The van der Waals surface area contributed by atoms with E-state index < -0.39 is 11.0 Å². The highest BCUT2D eigenvalue weighted by atomic mass is 32.2. The standard InChI is InChI=1S/C24H23N5O4S/c1-2-33-20-9-4-3-6-17(20)22-21-18(7-5-8-19(21)30)25-23-26-24(27-28(22)23)34-14-15-10-12-16(13-11-15)29(31)32/h3-4,6,9-13,22H,2,5,7-8,14H2,1H3,(H,25,26,27)/t22-/m0/s1. The second-order valence-corrected chi connectivity index (χ2v) is 8.98. The van der Waals surface area contributed by atoms with Gasteiger partial charge in [-0.15, -0.1) is 5.10 Å². The highest BCUT2D eigenvalue weighted by Crippen LogP contribution is 2.43. The number of benzene rings is 2. The highest BCUT2D eigenvalue weighted by Gasteiger charge is 2.38. The molecule has 0 amide bonds. The van der Waals surface area contributed by atoms with Crippen LogP contribution in [0.3, 0.4) is 0 Å². The van der Waals surface area contributed by atoms with Gasteiger partial charge in [0.05, 0.1) is 11.5 Å². The van der Waals surface area contributed by atoms with E-state index >= 15 is 0 Å². The van der Waals surface area contributed by atoms with Gasteiger partial charge in [-0.1, -0.05) is 42.1 Å². The van der Waals surface area contributed by atoms with Crippen LogP contribution in [0.2, 0.25) is 0 Å². The van der Waals surface area contributed by atoms with E-state index in [-0.39, 0.29) is 11.5 Å². The summed E-state index contributed by atoms with van der Waals surface area (Å²) in [6, 6.07) is 13.8. The number of anilines is 1. The molecule has 3 aromatic rings. The largest absolute Gasteiger partial charge is 0.494 e. The lowest BCUT2D eigenvalue weighted by atomic mass is 9.85. The summed E-state index contributed by atoms with van der Waals surface area (Å²) in [5, 5.41) is 19.5. The fraction of sp³-hybridized carbons (Fsp3) is 0.292. The number of carbonyl (C=O) groups excluding carboxylic acids is 1. The number of nitro benzene ring substituents is 1. The van der Waals surface area contributed by atoms with Gasteiger partial charge in [-0.25, -0.2) is 4.68 Å². The highest BCUT2D eigenvalue weighted by molar-refractivity contribution is 7.98. The molecule has 1 N–H and O–H groups in total. The number of hydrogen-bond acceptors (Lipinski definition) is 8. The molecule has 174 valence electrons. The fourth-order valence-corrected chi connectivity index (χ4v) is 5.13. The summed E-state index contributed by atoms with van der Waals surface area (Å²) in [6.45, 7) is 2.45. The van der Waals surface area contributed by atoms with Crippen LogP contribution in [0.15, 0.2) is 65.0 Å². The summed E-state index contributed by atoms with van der Waals surface area (Å²) < 4.78 is 7.67. The quantitative estimate of drug-likeness (QED) is 0.290. The van der Waals surface area contributed by atoms with Gasteiger partial charge in [0.2, 0.25) is 11.1 Å². The van der Waals surface area contributed by atoms with Gasteiger partial charge >= 0.3 is 0 Å². The molecule has 0 fully saturated rings. The summed E-state index contributed by atoms with van der Waals surface area (Å²) >= 11 is 1.44. The minimum atomic E-state index is -0.414. The lowest BCUT2D eigenvalue weighted by molar-refractivity contribution is -0.384. The number of para-hydroxylation sites is 1. The van der Waals surface area contributed by atoms with E-state index in [4.69, 9.17) is 9.84 Å². The van der Waals surface area contributed by atoms with Crippen molar-refractivity contribution >= 4 is 29.2 Å². The van der Waals surface area contributed by atoms with E-state index in [0.29, 0.717) is 29.9 Å². The lowest BCUT2D eigenvalue weighted by Crippen LogP contribution is -2.31. The van der Waals surface area contributed by atoms with Crippen molar-refractivity contribution in [3.8, 4) is 5.75 Å². The first-order valence-corrected chi connectivity index (χ1v) is 12.1. The number of non-ortho nitro benzene ring substituents is 1. The van der Waals surface area contributed by atoms with Crippen molar-refractivity contribution in [2.75, 3.05) is 11.9 Å². The monoisotopic (exact) mass is 477 g/mol. The number of carbonyl (C=O) groups is 1. The first kappa shape index (κ1) is 22.1. The molecule has 2 aromatic carbocycles. The molecule has 0 unspecified atom stereocenters. The molecule has 34 heavy (non-hydrogen) atoms. The zero-order valence-corrected chi connectivity index (χ0v) is 19.4. The van der Waals surface area contributed by atoms with Crippen LogP contribution in [0, 0.1) is 10.1 Å². The summed E-state index contributed by atoms with van der Waals surface area (Å²) in [7, 11) is 0. The van der Waals surface area contributed by atoms with Gasteiger partial charge in [0, 0.05) is 41.1 Å². The van der Waals surface area contributed by atoms with Crippen LogP contribution in [0.25, 0.3) is 0 Å². The Morgan fingerprint density at radius 3 is 2.76 bits per heavy atom.